The summed E-state index contributed by atoms with van der Waals surface area (Å²) in [5.74, 6) is 0.613. The zero-order valence-corrected chi connectivity index (χ0v) is 12.8. The van der Waals surface area contributed by atoms with E-state index in [0.717, 1.165) is 44.1 Å². The van der Waals surface area contributed by atoms with Crippen LogP contribution in [0, 0.1) is 5.92 Å². The van der Waals surface area contributed by atoms with Crippen LogP contribution in [-0.2, 0) is 19.3 Å². The van der Waals surface area contributed by atoms with Crippen LogP contribution >= 0.6 is 0 Å². The quantitative estimate of drug-likeness (QED) is 0.853. The van der Waals surface area contributed by atoms with Gasteiger partial charge in [0.15, 0.2) is 0 Å². The lowest BCUT2D eigenvalue weighted by Gasteiger charge is -2.32. The molecule has 1 fully saturated rings. The fourth-order valence-corrected chi connectivity index (χ4v) is 3.12. The van der Waals surface area contributed by atoms with Crippen LogP contribution in [0.3, 0.4) is 0 Å². The Morgan fingerprint density at radius 2 is 1.96 bits per heavy atom. The standard InChI is InChI=1S/C17H20F3N3/c18-17(19,20)16-3-1-2-15(10-16)12-22-7-4-14(5-8-22)11-23-9-6-21-13-23/h1-3,6,9-10,13-14H,4-5,7-8,11-12H2. The van der Waals surface area contributed by atoms with E-state index in [1.54, 1.807) is 12.3 Å². The number of hydrogen-bond donors (Lipinski definition) is 0. The predicted octanol–water partition coefficient (Wildman–Crippen LogP) is 3.81. The van der Waals surface area contributed by atoms with Crippen LogP contribution in [0.25, 0.3) is 0 Å². The molecule has 3 rings (SSSR count). The minimum Gasteiger partial charge on any atom is -0.337 e. The first-order valence-electron chi connectivity index (χ1n) is 7.85. The molecule has 1 aliphatic rings. The molecular weight excluding hydrogens is 303 g/mol. The highest BCUT2D eigenvalue weighted by Gasteiger charge is 2.30. The smallest absolute Gasteiger partial charge is 0.337 e. The number of rotatable bonds is 4. The van der Waals surface area contributed by atoms with Crippen molar-refractivity contribution in [2.45, 2.75) is 32.1 Å². The fourth-order valence-electron chi connectivity index (χ4n) is 3.12. The number of halogens is 3. The molecule has 1 aliphatic heterocycles. The maximum Gasteiger partial charge on any atom is 0.416 e. The number of aromatic nitrogens is 2. The van der Waals surface area contributed by atoms with Gasteiger partial charge in [-0.05, 0) is 43.5 Å². The third-order valence-electron chi connectivity index (χ3n) is 4.40. The molecule has 1 saturated heterocycles. The van der Waals surface area contributed by atoms with Crippen molar-refractivity contribution in [1.29, 1.82) is 0 Å². The van der Waals surface area contributed by atoms with Crippen LogP contribution < -0.4 is 0 Å². The van der Waals surface area contributed by atoms with E-state index in [2.05, 4.69) is 14.5 Å². The molecular formula is C17H20F3N3. The van der Waals surface area contributed by atoms with Crippen LogP contribution in [0.1, 0.15) is 24.0 Å². The van der Waals surface area contributed by atoms with E-state index in [1.165, 1.54) is 12.1 Å². The van der Waals surface area contributed by atoms with Crippen LogP contribution in [0.4, 0.5) is 13.2 Å². The van der Waals surface area contributed by atoms with Gasteiger partial charge in [-0.1, -0.05) is 18.2 Å². The molecule has 0 radical (unpaired) electrons. The summed E-state index contributed by atoms with van der Waals surface area (Å²) in [6, 6.07) is 5.65. The minimum absolute atomic E-state index is 0.565. The Kier molecular flexibility index (Phi) is 4.71. The number of imidazole rings is 1. The number of alkyl halides is 3. The van der Waals surface area contributed by atoms with E-state index in [4.69, 9.17) is 0 Å². The number of likely N-dealkylation sites (tertiary alicyclic amines) is 1. The van der Waals surface area contributed by atoms with Gasteiger partial charge >= 0.3 is 6.18 Å². The van der Waals surface area contributed by atoms with Gasteiger partial charge in [0.25, 0.3) is 0 Å². The first-order chi connectivity index (χ1) is 11.0. The average molecular weight is 323 g/mol. The first kappa shape index (κ1) is 16.1. The maximum absolute atomic E-state index is 12.8. The molecule has 124 valence electrons. The van der Waals surface area contributed by atoms with Crippen molar-refractivity contribution >= 4 is 0 Å². The second-order valence-electron chi connectivity index (χ2n) is 6.18. The third-order valence-corrected chi connectivity index (χ3v) is 4.40. The van der Waals surface area contributed by atoms with Gasteiger partial charge in [0.2, 0.25) is 0 Å². The molecule has 0 spiro atoms. The Morgan fingerprint density at radius 1 is 1.17 bits per heavy atom. The van der Waals surface area contributed by atoms with Crippen molar-refractivity contribution in [3.63, 3.8) is 0 Å². The normalized spacial score (nSPS) is 17.5. The lowest BCUT2D eigenvalue weighted by atomic mass is 9.96. The lowest BCUT2D eigenvalue weighted by molar-refractivity contribution is -0.137. The van der Waals surface area contributed by atoms with E-state index in [0.29, 0.717) is 12.5 Å². The summed E-state index contributed by atoms with van der Waals surface area (Å²) in [4.78, 5) is 6.28. The molecule has 0 amide bonds. The van der Waals surface area contributed by atoms with Gasteiger partial charge in [-0.2, -0.15) is 13.2 Å². The zero-order valence-electron chi connectivity index (χ0n) is 12.8. The highest BCUT2D eigenvalue weighted by atomic mass is 19.4. The van der Waals surface area contributed by atoms with Gasteiger partial charge in [-0.15, -0.1) is 0 Å². The summed E-state index contributed by atoms with van der Waals surface area (Å²) in [6.07, 6.45) is 3.44. The molecule has 3 nitrogen and oxygen atoms in total. The number of nitrogens with zero attached hydrogens (tertiary/aromatic N) is 3. The Hall–Kier alpha value is -1.82. The Morgan fingerprint density at radius 3 is 2.61 bits per heavy atom. The van der Waals surface area contributed by atoms with Crippen molar-refractivity contribution < 1.29 is 13.2 Å². The van der Waals surface area contributed by atoms with E-state index in [-0.39, 0.29) is 0 Å². The number of hydrogen-bond acceptors (Lipinski definition) is 2. The molecule has 0 atom stereocenters. The molecule has 1 aromatic heterocycles. The van der Waals surface area contributed by atoms with Crippen molar-refractivity contribution in [3.8, 4) is 0 Å². The summed E-state index contributed by atoms with van der Waals surface area (Å²) in [5, 5.41) is 0. The molecule has 1 aromatic carbocycles. The van der Waals surface area contributed by atoms with Gasteiger partial charge in [0.1, 0.15) is 0 Å². The highest BCUT2D eigenvalue weighted by Crippen LogP contribution is 2.30. The Balaban J connectivity index is 1.52. The Bertz CT molecular complexity index is 614. The van der Waals surface area contributed by atoms with Crippen molar-refractivity contribution in [3.05, 3.63) is 54.1 Å². The van der Waals surface area contributed by atoms with Crippen LogP contribution in [0.15, 0.2) is 43.0 Å². The van der Waals surface area contributed by atoms with E-state index in [1.807, 2.05) is 12.5 Å². The van der Waals surface area contributed by atoms with Gasteiger partial charge in [0.05, 0.1) is 11.9 Å². The molecule has 0 bridgehead atoms. The molecule has 2 heterocycles. The van der Waals surface area contributed by atoms with Gasteiger partial charge in [-0.25, -0.2) is 4.98 Å². The van der Waals surface area contributed by atoms with Crippen LogP contribution in [-0.4, -0.2) is 27.5 Å². The minimum atomic E-state index is -4.27. The predicted molar refractivity (Wildman–Crippen MR) is 81.7 cm³/mol. The van der Waals surface area contributed by atoms with Gasteiger partial charge in [0, 0.05) is 25.5 Å². The number of benzene rings is 1. The molecule has 0 N–H and O–H groups in total. The first-order valence-corrected chi connectivity index (χ1v) is 7.85. The van der Waals surface area contributed by atoms with Gasteiger partial charge < -0.3 is 4.57 Å². The van der Waals surface area contributed by atoms with Crippen molar-refractivity contribution in [1.82, 2.24) is 14.5 Å². The Labute approximate surface area is 133 Å². The topological polar surface area (TPSA) is 21.1 Å². The van der Waals surface area contributed by atoms with E-state index >= 15 is 0 Å². The zero-order chi connectivity index (χ0) is 16.3. The molecule has 23 heavy (non-hydrogen) atoms. The van der Waals surface area contributed by atoms with Crippen molar-refractivity contribution in [2.75, 3.05) is 13.1 Å². The van der Waals surface area contributed by atoms with E-state index < -0.39 is 11.7 Å². The number of piperidine rings is 1. The van der Waals surface area contributed by atoms with Gasteiger partial charge in [-0.3, -0.25) is 4.90 Å². The molecule has 6 heteroatoms. The molecule has 2 aromatic rings. The molecule has 0 unspecified atom stereocenters. The summed E-state index contributed by atoms with van der Waals surface area (Å²) >= 11 is 0. The molecule has 0 saturated carbocycles. The lowest BCUT2D eigenvalue weighted by Crippen LogP contribution is -2.34. The second-order valence-corrected chi connectivity index (χ2v) is 6.18. The molecule has 0 aliphatic carbocycles. The summed E-state index contributed by atoms with van der Waals surface area (Å²) in [5.41, 5.74) is 0.165. The largest absolute Gasteiger partial charge is 0.416 e. The third kappa shape index (κ3) is 4.34. The van der Waals surface area contributed by atoms with Crippen LogP contribution in [0.2, 0.25) is 0 Å². The average Bonchev–Trinajstić information content (AvgIpc) is 3.02. The van der Waals surface area contributed by atoms with Crippen molar-refractivity contribution in [2.24, 2.45) is 5.92 Å². The summed E-state index contributed by atoms with van der Waals surface area (Å²) in [7, 11) is 0. The van der Waals surface area contributed by atoms with E-state index in [9.17, 15) is 13.2 Å². The monoisotopic (exact) mass is 323 g/mol. The SMILES string of the molecule is FC(F)(F)c1cccc(CN2CCC(Cn3ccnc3)CC2)c1. The van der Waals surface area contributed by atoms with Crippen LogP contribution in [0.5, 0.6) is 0 Å². The second kappa shape index (κ2) is 6.74. The highest BCUT2D eigenvalue weighted by molar-refractivity contribution is 5.25. The summed E-state index contributed by atoms with van der Waals surface area (Å²) < 4.78 is 40.4. The fraction of sp³-hybridized carbons (Fsp3) is 0.471. The summed E-state index contributed by atoms with van der Waals surface area (Å²) in [6.45, 7) is 3.41. The maximum atomic E-state index is 12.8.